The molecule has 24 heavy (non-hydrogen) atoms. The Morgan fingerprint density at radius 1 is 1.12 bits per heavy atom. The van der Waals surface area contributed by atoms with Gasteiger partial charge in [-0.2, -0.15) is 9.78 Å². The molecule has 0 radical (unpaired) electrons. The van der Waals surface area contributed by atoms with Crippen LogP contribution in [0.3, 0.4) is 0 Å². The van der Waals surface area contributed by atoms with Crippen LogP contribution in [0.15, 0.2) is 66.9 Å². The first kappa shape index (κ1) is 16.1. The number of rotatable bonds is 4. The molecule has 0 unspecified atom stereocenters. The van der Waals surface area contributed by atoms with Gasteiger partial charge in [0.15, 0.2) is 0 Å². The van der Waals surface area contributed by atoms with Gasteiger partial charge in [0.25, 0.3) is 0 Å². The third-order valence-corrected chi connectivity index (χ3v) is 3.68. The summed E-state index contributed by atoms with van der Waals surface area (Å²) in [7, 11) is 0. The van der Waals surface area contributed by atoms with E-state index in [1.54, 1.807) is 36.5 Å². The zero-order valence-electron chi connectivity index (χ0n) is 13.0. The number of amides is 1. The first-order valence-corrected chi connectivity index (χ1v) is 7.84. The zero-order chi connectivity index (χ0) is 16.9. The molecule has 5 nitrogen and oxygen atoms in total. The fraction of sp³-hybridized carbons (Fsp3) is 0.111. The Hall–Kier alpha value is -2.79. The Balaban J connectivity index is 1.74. The number of hydrogen-bond donors (Lipinski definition) is 1. The van der Waals surface area contributed by atoms with Crippen LogP contribution in [0.2, 0.25) is 5.02 Å². The molecule has 3 aromatic rings. The molecule has 3 rings (SSSR count). The molecule has 0 aliphatic carbocycles. The van der Waals surface area contributed by atoms with E-state index in [-0.39, 0.29) is 12.1 Å². The Morgan fingerprint density at radius 3 is 2.54 bits per heavy atom. The summed E-state index contributed by atoms with van der Waals surface area (Å²) in [6, 6.07) is 17.7. The van der Waals surface area contributed by atoms with E-state index >= 15 is 0 Å². The van der Waals surface area contributed by atoms with Crippen molar-refractivity contribution in [2.24, 2.45) is 0 Å². The molecule has 0 saturated carbocycles. The van der Waals surface area contributed by atoms with Crippen molar-refractivity contribution >= 4 is 23.3 Å². The molecule has 122 valence electrons. The van der Waals surface area contributed by atoms with Crippen molar-refractivity contribution in [2.75, 3.05) is 5.32 Å². The van der Waals surface area contributed by atoms with Gasteiger partial charge in [-0.25, -0.2) is 4.79 Å². The van der Waals surface area contributed by atoms with E-state index < -0.39 is 0 Å². The van der Waals surface area contributed by atoms with Crippen LogP contribution in [0.4, 0.5) is 10.5 Å². The monoisotopic (exact) mass is 341 g/mol. The Labute approximate surface area is 144 Å². The highest BCUT2D eigenvalue weighted by Crippen LogP contribution is 2.23. The van der Waals surface area contributed by atoms with Crippen LogP contribution in [0.25, 0.3) is 0 Å². The van der Waals surface area contributed by atoms with Gasteiger partial charge in [-0.05, 0) is 49.4 Å². The predicted molar refractivity (Wildman–Crippen MR) is 93.6 cm³/mol. The molecule has 1 atom stereocenters. The van der Waals surface area contributed by atoms with Crippen molar-refractivity contribution in [2.45, 2.75) is 13.0 Å². The van der Waals surface area contributed by atoms with Crippen LogP contribution in [-0.4, -0.2) is 15.8 Å². The van der Waals surface area contributed by atoms with Crippen molar-refractivity contribution in [3.05, 3.63) is 77.6 Å². The number of anilines is 1. The van der Waals surface area contributed by atoms with Crippen molar-refractivity contribution < 1.29 is 9.53 Å². The summed E-state index contributed by atoms with van der Waals surface area (Å²) in [5.74, 6) is 0.670. The number of carbonyl (C=O) groups excluding carboxylic acids is 1. The minimum absolute atomic E-state index is 0.340. The van der Waals surface area contributed by atoms with Crippen LogP contribution in [0.5, 0.6) is 5.75 Å². The fourth-order valence-electron chi connectivity index (χ4n) is 2.27. The summed E-state index contributed by atoms with van der Waals surface area (Å²) in [6.45, 7) is 1.86. The van der Waals surface area contributed by atoms with Crippen LogP contribution < -0.4 is 10.1 Å². The SMILES string of the molecule is C[C@H](Oc1ccc(Cl)cc1)c1ccnn1C(=O)Nc1ccccc1. The lowest BCUT2D eigenvalue weighted by molar-refractivity contribution is 0.212. The highest BCUT2D eigenvalue weighted by Gasteiger charge is 2.17. The van der Waals surface area contributed by atoms with E-state index in [0.29, 0.717) is 22.2 Å². The lowest BCUT2D eigenvalue weighted by atomic mass is 10.2. The number of halogens is 1. The molecule has 1 aromatic heterocycles. The second kappa shape index (κ2) is 7.19. The van der Waals surface area contributed by atoms with E-state index in [1.165, 1.54) is 4.68 Å². The molecule has 1 amide bonds. The van der Waals surface area contributed by atoms with Crippen molar-refractivity contribution in [3.8, 4) is 5.75 Å². The minimum Gasteiger partial charge on any atom is -0.484 e. The summed E-state index contributed by atoms with van der Waals surface area (Å²) in [6.07, 6.45) is 1.22. The number of hydrogen-bond acceptors (Lipinski definition) is 3. The number of ether oxygens (including phenoxy) is 1. The van der Waals surface area contributed by atoms with E-state index in [1.807, 2.05) is 37.3 Å². The summed E-state index contributed by atoms with van der Waals surface area (Å²) in [5.41, 5.74) is 1.36. The number of benzene rings is 2. The van der Waals surface area contributed by atoms with Crippen LogP contribution in [0.1, 0.15) is 18.7 Å². The minimum atomic E-state index is -0.352. The van der Waals surface area contributed by atoms with Crippen LogP contribution >= 0.6 is 11.6 Å². The molecule has 0 bridgehead atoms. The number of nitrogens with one attached hydrogen (secondary N) is 1. The van der Waals surface area contributed by atoms with Gasteiger partial charge < -0.3 is 10.1 Å². The quantitative estimate of drug-likeness (QED) is 0.744. The van der Waals surface area contributed by atoms with Gasteiger partial charge in [-0.15, -0.1) is 0 Å². The molecular weight excluding hydrogens is 326 g/mol. The van der Waals surface area contributed by atoms with Crippen molar-refractivity contribution in [3.63, 3.8) is 0 Å². The summed E-state index contributed by atoms with van der Waals surface area (Å²) in [5, 5.41) is 7.53. The first-order valence-electron chi connectivity index (χ1n) is 7.46. The number of aromatic nitrogens is 2. The van der Waals surface area contributed by atoms with Gasteiger partial charge in [0.1, 0.15) is 11.9 Å². The van der Waals surface area contributed by atoms with Gasteiger partial charge in [0, 0.05) is 16.9 Å². The molecule has 0 saturated heterocycles. The first-order chi connectivity index (χ1) is 11.6. The van der Waals surface area contributed by atoms with Crippen LogP contribution in [0, 0.1) is 0 Å². The van der Waals surface area contributed by atoms with Gasteiger partial charge in [-0.3, -0.25) is 0 Å². The number of para-hydroxylation sites is 1. The predicted octanol–water partition coefficient (Wildman–Crippen LogP) is 4.76. The van der Waals surface area contributed by atoms with Crippen molar-refractivity contribution in [1.29, 1.82) is 0 Å². The summed E-state index contributed by atoms with van der Waals surface area (Å²) < 4.78 is 7.15. The molecule has 2 aromatic carbocycles. The maximum Gasteiger partial charge on any atom is 0.346 e. The average Bonchev–Trinajstić information content (AvgIpc) is 3.08. The Kier molecular flexibility index (Phi) is 4.82. The lowest BCUT2D eigenvalue weighted by Crippen LogP contribution is -2.24. The Morgan fingerprint density at radius 2 is 1.83 bits per heavy atom. The fourth-order valence-corrected chi connectivity index (χ4v) is 2.39. The maximum absolute atomic E-state index is 12.4. The average molecular weight is 342 g/mol. The number of nitrogens with zero attached hydrogens (tertiary/aromatic N) is 2. The molecule has 1 heterocycles. The van der Waals surface area contributed by atoms with Gasteiger partial charge in [0.2, 0.25) is 0 Å². The third-order valence-electron chi connectivity index (χ3n) is 3.43. The topological polar surface area (TPSA) is 56.2 Å². The Bertz CT molecular complexity index is 816. The molecule has 0 aliphatic rings. The second-order valence-electron chi connectivity index (χ2n) is 5.18. The third kappa shape index (κ3) is 3.75. The van der Waals surface area contributed by atoms with Gasteiger partial charge >= 0.3 is 6.03 Å². The molecule has 6 heteroatoms. The van der Waals surface area contributed by atoms with Gasteiger partial charge in [0.05, 0.1) is 5.69 Å². The van der Waals surface area contributed by atoms with Crippen LogP contribution in [-0.2, 0) is 0 Å². The zero-order valence-corrected chi connectivity index (χ0v) is 13.8. The molecule has 1 N–H and O–H groups in total. The van der Waals surface area contributed by atoms with E-state index in [9.17, 15) is 4.79 Å². The molecule has 0 aliphatic heterocycles. The van der Waals surface area contributed by atoms with E-state index in [2.05, 4.69) is 10.4 Å². The second-order valence-corrected chi connectivity index (χ2v) is 5.61. The van der Waals surface area contributed by atoms with Crippen molar-refractivity contribution in [1.82, 2.24) is 9.78 Å². The highest BCUT2D eigenvalue weighted by molar-refractivity contribution is 6.30. The van der Waals surface area contributed by atoms with Gasteiger partial charge in [-0.1, -0.05) is 29.8 Å². The number of carbonyl (C=O) groups is 1. The smallest absolute Gasteiger partial charge is 0.346 e. The highest BCUT2D eigenvalue weighted by atomic mass is 35.5. The summed E-state index contributed by atoms with van der Waals surface area (Å²) >= 11 is 5.87. The molecule has 0 fully saturated rings. The molecular formula is C18H16ClN3O2. The van der Waals surface area contributed by atoms with E-state index in [0.717, 1.165) is 0 Å². The maximum atomic E-state index is 12.4. The standard InChI is InChI=1S/C18H16ClN3O2/c1-13(24-16-9-7-14(19)8-10-16)17-11-12-20-22(17)18(23)21-15-5-3-2-4-6-15/h2-13H,1H3,(H,21,23)/t13-/m0/s1. The molecule has 0 spiro atoms. The summed E-state index contributed by atoms with van der Waals surface area (Å²) in [4.78, 5) is 12.4. The van der Waals surface area contributed by atoms with E-state index in [4.69, 9.17) is 16.3 Å². The lowest BCUT2D eigenvalue weighted by Gasteiger charge is -2.16. The largest absolute Gasteiger partial charge is 0.484 e. The normalized spacial score (nSPS) is 11.8.